The highest BCUT2D eigenvalue weighted by molar-refractivity contribution is 8.00. The van der Waals surface area contributed by atoms with Crippen LogP contribution >= 0.6 is 23.1 Å². The third kappa shape index (κ3) is 3.31. The zero-order valence-electron chi connectivity index (χ0n) is 11.0. The number of thioether (sulfide) groups is 1. The number of anilines is 1. The van der Waals surface area contributed by atoms with Crippen LogP contribution in [0.15, 0.2) is 33.0 Å². The summed E-state index contributed by atoms with van der Waals surface area (Å²) >= 11 is 2.78. The fraction of sp³-hybridized carbons (Fsp3) is 0.167. The maximum absolute atomic E-state index is 5.62. The van der Waals surface area contributed by atoms with Gasteiger partial charge in [0.2, 0.25) is 16.9 Å². The van der Waals surface area contributed by atoms with Gasteiger partial charge in [0.1, 0.15) is 5.75 Å². The first-order chi connectivity index (χ1) is 10.2. The highest BCUT2D eigenvalue weighted by Gasteiger charge is 2.11. The number of hydrogen-bond acceptors (Lipinski definition) is 9. The summed E-state index contributed by atoms with van der Waals surface area (Å²) in [7, 11) is 1.61. The smallest absolute Gasteiger partial charge is 0.247 e. The normalized spacial score (nSPS) is 10.7. The predicted molar refractivity (Wildman–Crippen MR) is 80.2 cm³/mol. The topological polar surface area (TPSA) is 100.0 Å². The minimum absolute atomic E-state index is 0.445. The zero-order chi connectivity index (χ0) is 14.7. The molecule has 0 saturated carbocycles. The fourth-order valence-electron chi connectivity index (χ4n) is 1.59. The molecule has 0 unspecified atom stereocenters. The Morgan fingerprint density at radius 3 is 2.95 bits per heavy atom. The van der Waals surface area contributed by atoms with E-state index in [-0.39, 0.29) is 0 Å². The number of ether oxygens (including phenoxy) is 1. The van der Waals surface area contributed by atoms with Gasteiger partial charge in [0.25, 0.3) is 0 Å². The molecule has 3 rings (SSSR count). The van der Waals surface area contributed by atoms with Crippen LogP contribution in [0, 0.1) is 0 Å². The maximum Gasteiger partial charge on any atom is 0.247 e. The molecule has 2 heterocycles. The summed E-state index contributed by atoms with van der Waals surface area (Å²) in [5.74, 6) is 2.24. The largest absolute Gasteiger partial charge is 0.497 e. The molecular weight excluding hydrogens is 310 g/mol. The predicted octanol–water partition coefficient (Wildman–Crippen LogP) is 2.47. The van der Waals surface area contributed by atoms with Gasteiger partial charge in [-0.1, -0.05) is 29.2 Å². The monoisotopic (exact) mass is 321 g/mol. The van der Waals surface area contributed by atoms with E-state index in [1.807, 2.05) is 24.3 Å². The van der Waals surface area contributed by atoms with E-state index >= 15 is 0 Å². The maximum atomic E-state index is 5.62. The average Bonchev–Trinajstić information content (AvgIpc) is 3.14. The van der Waals surface area contributed by atoms with E-state index < -0.39 is 0 Å². The molecule has 0 radical (unpaired) electrons. The van der Waals surface area contributed by atoms with Crippen molar-refractivity contribution in [1.82, 2.24) is 20.4 Å². The van der Waals surface area contributed by atoms with Gasteiger partial charge in [0.15, 0.2) is 4.34 Å². The first-order valence-electron chi connectivity index (χ1n) is 5.93. The quantitative estimate of drug-likeness (QED) is 0.715. The molecule has 0 bridgehead atoms. The van der Waals surface area contributed by atoms with Crippen molar-refractivity contribution in [3.05, 3.63) is 30.2 Å². The Balaban J connectivity index is 1.70. The standard InChI is InChI=1S/C12H11N5O2S2/c1-18-8-4-2-3-7(5-8)10-15-14-9(19-10)6-20-12-17-16-11(13)21-12/h2-5H,6H2,1H3,(H2,13,16). The average molecular weight is 321 g/mol. The van der Waals surface area contributed by atoms with Crippen molar-refractivity contribution in [1.29, 1.82) is 0 Å². The molecule has 2 N–H and O–H groups in total. The molecule has 0 aliphatic heterocycles. The highest BCUT2D eigenvalue weighted by Crippen LogP contribution is 2.28. The second kappa shape index (κ2) is 6.10. The lowest BCUT2D eigenvalue weighted by Gasteiger charge is -2.00. The molecule has 21 heavy (non-hydrogen) atoms. The summed E-state index contributed by atoms with van der Waals surface area (Å²) in [5, 5.41) is 16.2. The lowest BCUT2D eigenvalue weighted by atomic mass is 10.2. The number of nitrogens with two attached hydrogens (primary N) is 1. The van der Waals surface area contributed by atoms with Gasteiger partial charge in [-0.3, -0.25) is 0 Å². The first kappa shape index (κ1) is 13.8. The number of hydrogen-bond donors (Lipinski definition) is 1. The Kier molecular flexibility index (Phi) is 4.02. The van der Waals surface area contributed by atoms with Crippen molar-refractivity contribution in [2.24, 2.45) is 0 Å². The number of nitrogens with zero attached hydrogens (tertiary/aromatic N) is 4. The third-order valence-electron chi connectivity index (χ3n) is 2.52. The van der Waals surface area contributed by atoms with E-state index in [0.717, 1.165) is 15.7 Å². The van der Waals surface area contributed by atoms with E-state index in [4.69, 9.17) is 14.9 Å². The molecule has 2 aromatic heterocycles. The Hall–Kier alpha value is -2.13. The van der Waals surface area contributed by atoms with Crippen molar-refractivity contribution in [2.45, 2.75) is 10.1 Å². The van der Waals surface area contributed by atoms with Crippen molar-refractivity contribution in [3.63, 3.8) is 0 Å². The van der Waals surface area contributed by atoms with Crippen molar-refractivity contribution in [3.8, 4) is 17.2 Å². The molecule has 0 aliphatic carbocycles. The Morgan fingerprint density at radius 2 is 2.19 bits per heavy atom. The van der Waals surface area contributed by atoms with Gasteiger partial charge in [0.05, 0.1) is 12.9 Å². The Bertz CT molecular complexity index is 743. The SMILES string of the molecule is COc1cccc(-c2nnc(CSc3nnc(N)s3)o2)c1. The molecule has 7 nitrogen and oxygen atoms in total. The molecule has 0 fully saturated rings. The second-order valence-electron chi connectivity index (χ2n) is 3.93. The van der Waals surface area contributed by atoms with Gasteiger partial charge in [-0.25, -0.2) is 0 Å². The van der Waals surface area contributed by atoms with E-state index in [0.29, 0.717) is 22.7 Å². The number of rotatable bonds is 5. The van der Waals surface area contributed by atoms with Gasteiger partial charge in [0, 0.05) is 5.56 Å². The number of methoxy groups -OCH3 is 1. The fourth-order valence-corrected chi connectivity index (χ4v) is 3.06. The second-order valence-corrected chi connectivity index (χ2v) is 6.16. The van der Waals surface area contributed by atoms with E-state index in [2.05, 4.69) is 20.4 Å². The van der Waals surface area contributed by atoms with Gasteiger partial charge in [-0.15, -0.1) is 20.4 Å². The molecule has 0 spiro atoms. The first-order valence-corrected chi connectivity index (χ1v) is 7.73. The summed E-state index contributed by atoms with van der Waals surface area (Å²) in [6, 6.07) is 7.46. The molecular formula is C12H11N5O2S2. The molecule has 9 heteroatoms. The Morgan fingerprint density at radius 1 is 1.29 bits per heavy atom. The van der Waals surface area contributed by atoms with Crippen LogP contribution in [0.2, 0.25) is 0 Å². The number of aromatic nitrogens is 4. The molecule has 1 aromatic carbocycles. The lowest BCUT2D eigenvalue weighted by Crippen LogP contribution is -1.83. The summed E-state index contributed by atoms with van der Waals surface area (Å²) in [6.45, 7) is 0. The third-order valence-corrected chi connectivity index (χ3v) is 4.40. The molecule has 0 aliphatic rings. The van der Waals surface area contributed by atoms with Gasteiger partial charge in [-0.05, 0) is 18.2 Å². The van der Waals surface area contributed by atoms with Crippen LogP contribution in [0.3, 0.4) is 0 Å². The van der Waals surface area contributed by atoms with Crippen LogP contribution in [-0.2, 0) is 5.75 Å². The van der Waals surface area contributed by atoms with Crippen LogP contribution < -0.4 is 10.5 Å². The van der Waals surface area contributed by atoms with Crippen LogP contribution in [-0.4, -0.2) is 27.5 Å². The molecule has 0 saturated heterocycles. The summed E-state index contributed by atoms with van der Waals surface area (Å²) in [5.41, 5.74) is 6.34. The van der Waals surface area contributed by atoms with E-state index in [1.54, 1.807) is 7.11 Å². The van der Waals surface area contributed by atoms with E-state index in [1.165, 1.54) is 23.1 Å². The van der Waals surface area contributed by atoms with Crippen molar-refractivity contribution in [2.75, 3.05) is 12.8 Å². The Labute approximate surface area is 128 Å². The van der Waals surface area contributed by atoms with Crippen LogP contribution in [0.1, 0.15) is 5.89 Å². The molecule has 108 valence electrons. The zero-order valence-corrected chi connectivity index (χ0v) is 12.6. The van der Waals surface area contributed by atoms with Crippen molar-refractivity contribution >= 4 is 28.2 Å². The van der Waals surface area contributed by atoms with Crippen LogP contribution in [0.5, 0.6) is 5.75 Å². The molecule has 3 aromatic rings. The molecule has 0 atom stereocenters. The summed E-state index contributed by atoms with van der Waals surface area (Å²) < 4.78 is 11.6. The summed E-state index contributed by atoms with van der Waals surface area (Å²) in [6.07, 6.45) is 0. The lowest BCUT2D eigenvalue weighted by molar-refractivity contribution is 0.414. The van der Waals surface area contributed by atoms with Gasteiger partial charge >= 0.3 is 0 Å². The van der Waals surface area contributed by atoms with Gasteiger partial charge in [-0.2, -0.15) is 0 Å². The number of nitrogen functional groups attached to an aromatic ring is 1. The molecule has 0 amide bonds. The van der Waals surface area contributed by atoms with Crippen LogP contribution in [0.4, 0.5) is 5.13 Å². The van der Waals surface area contributed by atoms with E-state index in [9.17, 15) is 0 Å². The highest BCUT2D eigenvalue weighted by atomic mass is 32.2. The van der Waals surface area contributed by atoms with Crippen molar-refractivity contribution < 1.29 is 9.15 Å². The van der Waals surface area contributed by atoms with Gasteiger partial charge < -0.3 is 14.9 Å². The minimum atomic E-state index is 0.445. The number of benzene rings is 1. The van der Waals surface area contributed by atoms with Crippen LogP contribution in [0.25, 0.3) is 11.5 Å². The summed E-state index contributed by atoms with van der Waals surface area (Å²) in [4.78, 5) is 0. The minimum Gasteiger partial charge on any atom is -0.497 e.